The zero-order chi connectivity index (χ0) is 19.2. The van der Waals surface area contributed by atoms with Gasteiger partial charge in [0.25, 0.3) is 5.91 Å². The molecule has 27 heavy (non-hydrogen) atoms. The van der Waals surface area contributed by atoms with Gasteiger partial charge in [0, 0.05) is 25.3 Å². The number of carbonyl (C=O) groups excluding carboxylic acids is 3. The van der Waals surface area contributed by atoms with E-state index in [1.807, 2.05) is 29.2 Å². The van der Waals surface area contributed by atoms with E-state index in [1.54, 1.807) is 6.92 Å². The Kier molecular flexibility index (Phi) is 5.75. The van der Waals surface area contributed by atoms with Crippen LogP contribution in [0, 0.1) is 0 Å². The minimum absolute atomic E-state index is 0.0176. The summed E-state index contributed by atoms with van der Waals surface area (Å²) in [4.78, 5) is 37.6. The Balaban J connectivity index is 1.48. The summed E-state index contributed by atoms with van der Waals surface area (Å²) < 4.78 is 4.86. The molecule has 0 unspecified atom stereocenters. The summed E-state index contributed by atoms with van der Waals surface area (Å²) in [5.74, 6) is -0.617. The Labute approximate surface area is 156 Å². The maximum Gasteiger partial charge on any atom is 0.255 e. The van der Waals surface area contributed by atoms with E-state index in [-0.39, 0.29) is 17.7 Å². The molecule has 1 atom stereocenters. The molecule has 1 fully saturated rings. The molecule has 142 valence electrons. The van der Waals surface area contributed by atoms with Gasteiger partial charge in [-0.15, -0.1) is 0 Å². The third-order valence-electron chi connectivity index (χ3n) is 4.33. The Morgan fingerprint density at radius 2 is 2.04 bits per heavy atom. The number of nitrogens with one attached hydrogen (secondary N) is 3. The normalized spacial score (nSPS) is 15.0. The van der Waals surface area contributed by atoms with Crippen LogP contribution in [0.15, 0.2) is 47.3 Å². The van der Waals surface area contributed by atoms with Crippen LogP contribution in [0.4, 0.5) is 5.69 Å². The molecule has 1 aromatic heterocycles. The van der Waals surface area contributed by atoms with E-state index < -0.39 is 6.04 Å². The van der Waals surface area contributed by atoms with Crippen molar-refractivity contribution in [2.75, 3.05) is 24.5 Å². The number of rotatable bonds is 6. The largest absolute Gasteiger partial charge is 0.472 e. The quantitative estimate of drug-likeness (QED) is 0.693. The zero-order valence-electron chi connectivity index (χ0n) is 15.0. The molecule has 1 aromatic carbocycles. The topological polar surface area (TPSA) is 104 Å². The summed E-state index contributed by atoms with van der Waals surface area (Å²) in [6.45, 7) is 3.74. The molecular weight excluding hydrogens is 348 g/mol. The molecule has 0 spiro atoms. The van der Waals surface area contributed by atoms with Gasteiger partial charge in [0.15, 0.2) is 0 Å². The van der Waals surface area contributed by atoms with Crippen LogP contribution in [0.3, 0.4) is 0 Å². The molecule has 3 rings (SSSR count). The lowest BCUT2D eigenvalue weighted by atomic mass is 10.1. The highest BCUT2D eigenvalue weighted by Gasteiger charge is 2.18. The lowest BCUT2D eigenvalue weighted by Crippen LogP contribution is -2.47. The van der Waals surface area contributed by atoms with Crippen molar-refractivity contribution in [1.29, 1.82) is 0 Å². The Morgan fingerprint density at radius 3 is 2.70 bits per heavy atom. The van der Waals surface area contributed by atoms with Crippen molar-refractivity contribution >= 4 is 23.4 Å². The molecule has 2 aromatic rings. The first kappa shape index (κ1) is 18.5. The molecule has 3 amide bonds. The van der Waals surface area contributed by atoms with Crippen LogP contribution in [0.1, 0.15) is 22.8 Å². The van der Waals surface area contributed by atoms with Crippen molar-refractivity contribution in [3.63, 3.8) is 0 Å². The molecule has 2 heterocycles. The number of carbonyl (C=O) groups is 3. The third-order valence-corrected chi connectivity index (χ3v) is 4.33. The summed E-state index contributed by atoms with van der Waals surface area (Å²) in [6.07, 6.45) is 2.73. The first-order valence-electron chi connectivity index (χ1n) is 8.74. The SMILES string of the molecule is C[C@@H](NC(=O)c1ccoc1)C(=O)NCc1ccc(N2CCNC(=O)C2)cc1. The van der Waals surface area contributed by atoms with Crippen LogP contribution < -0.4 is 20.9 Å². The van der Waals surface area contributed by atoms with Gasteiger partial charge in [-0.2, -0.15) is 0 Å². The number of furan rings is 1. The molecule has 0 radical (unpaired) electrons. The van der Waals surface area contributed by atoms with Crippen LogP contribution in [-0.4, -0.2) is 43.4 Å². The molecule has 1 aliphatic rings. The molecule has 3 N–H and O–H groups in total. The Hall–Kier alpha value is -3.29. The van der Waals surface area contributed by atoms with Gasteiger partial charge in [0.05, 0.1) is 18.4 Å². The molecule has 0 bridgehead atoms. The van der Waals surface area contributed by atoms with Crippen molar-refractivity contribution in [1.82, 2.24) is 16.0 Å². The van der Waals surface area contributed by atoms with Crippen LogP contribution in [0.25, 0.3) is 0 Å². The smallest absolute Gasteiger partial charge is 0.255 e. The minimum atomic E-state index is -0.668. The number of amides is 3. The lowest BCUT2D eigenvalue weighted by molar-refractivity contribution is -0.123. The van der Waals surface area contributed by atoms with Crippen LogP contribution in [0.2, 0.25) is 0 Å². The fourth-order valence-electron chi connectivity index (χ4n) is 2.77. The molecule has 1 saturated heterocycles. The molecular formula is C19H22N4O4. The average molecular weight is 370 g/mol. The summed E-state index contributed by atoms with van der Waals surface area (Å²) in [6, 6.07) is 8.56. The van der Waals surface area contributed by atoms with Crippen molar-refractivity contribution in [3.05, 3.63) is 54.0 Å². The molecule has 0 saturated carbocycles. The van der Waals surface area contributed by atoms with Crippen LogP contribution >= 0.6 is 0 Å². The van der Waals surface area contributed by atoms with Gasteiger partial charge in [-0.05, 0) is 30.7 Å². The van der Waals surface area contributed by atoms with E-state index >= 15 is 0 Å². The molecule has 1 aliphatic heterocycles. The number of hydrogen-bond acceptors (Lipinski definition) is 5. The summed E-state index contributed by atoms with van der Waals surface area (Å²) >= 11 is 0. The van der Waals surface area contributed by atoms with Gasteiger partial charge in [0.1, 0.15) is 12.3 Å². The Morgan fingerprint density at radius 1 is 1.26 bits per heavy atom. The van der Waals surface area contributed by atoms with E-state index in [0.717, 1.165) is 17.8 Å². The summed E-state index contributed by atoms with van der Waals surface area (Å²) in [5, 5.41) is 8.22. The van der Waals surface area contributed by atoms with E-state index in [4.69, 9.17) is 4.42 Å². The van der Waals surface area contributed by atoms with E-state index in [9.17, 15) is 14.4 Å². The fourth-order valence-corrected chi connectivity index (χ4v) is 2.77. The Bertz CT molecular complexity index is 802. The summed E-state index contributed by atoms with van der Waals surface area (Å²) in [7, 11) is 0. The van der Waals surface area contributed by atoms with Crippen molar-refractivity contribution in [2.24, 2.45) is 0 Å². The van der Waals surface area contributed by atoms with Crippen LogP contribution in [0.5, 0.6) is 0 Å². The van der Waals surface area contributed by atoms with Crippen LogP contribution in [-0.2, 0) is 16.1 Å². The van der Waals surface area contributed by atoms with E-state index in [2.05, 4.69) is 16.0 Å². The van der Waals surface area contributed by atoms with Gasteiger partial charge in [0.2, 0.25) is 11.8 Å². The second-order valence-corrected chi connectivity index (χ2v) is 6.36. The van der Waals surface area contributed by atoms with Gasteiger partial charge in [-0.25, -0.2) is 0 Å². The highest BCUT2D eigenvalue weighted by Crippen LogP contribution is 2.16. The third kappa shape index (κ3) is 4.87. The standard InChI is InChI=1S/C19H22N4O4/c1-13(22-19(26)15-6-9-27-12-15)18(25)21-10-14-2-4-16(5-3-14)23-8-7-20-17(24)11-23/h2-6,9,12-13H,7-8,10-11H2,1H3,(H,20,24)(H,21,25)(H,22,26)/t13-/m1/s1. The van der Waals surface area contributed by atoms with E-state index in [0.29, 0.717) is 25.2 Å². The lowest BCUT2D eigenvalue weighted by Gasteiger charge is -2.28. The van der Waals surface area contributed by atoms with Gasteiger partial charge < -0.3 is 25.3 Å². The molecule has 8 heteroatoms. The molecule has 8 nitrogen and oxygen atoms in total. The first-order valence-corrected chi connectivity index (χ1v) is 8.74. The minimum Gasteiger partial charge on any atom is -0.472 e. The highest BCUT2D eigenvalue weighted by atomic mass is 16.3. The number of piperazine rings is 1. The maximum absolute atomic E-state index is 12.2. The highest BCUT2D eigenvalue weighted by molar-refractivity contribution is 5.97. The summed E-state index contributed by atoms with van der Waals surface area (Å²) in [5.41, 5.74) is 2.28. The van der Waals surface area contributed by atoms with Gasteiger partial charge in [-0.1, -0.05) is 12.1 Å². The predicted octanol–water partition coefficient (Wildman–Crippen LogP) is 0.650. The number of nitrogens with zero attached hydrogens (tertiary/aromatic N) is 1. The van der Waals surface area contributed by atoms with Gasteiger partial charge in [-0.3, -0.25) is 14.4 Å². The zero-order valence-corrected chi connectivity index (χ0v) is 15.0. The maximum atomic E-state index is 12.2. The fraction of sp³-hybridized carbons (Fsp3) is 0.316. The second kappa shape index (κ2) is 8.39. The average Bonchev–Trinajstić information content (AvgIpc) is 3.21. The molecule has 0 aliphatic carbocycles. The number of benzene rings is 1. The van der Waals surface area contributed by atoms with E-state index in [1.165, 1.54) is 18.6 Å². The first-order chi connectivity index (χ1) is 13.0. The van der Waals surface area contributed by atoms with Gasteiger partial charge >= 0.3 is 0 Å². The monoisotopic (exact) mass is 370 g/mol. The second-order valence-electron chi connectivity index (χ2n) is 6.36. The number of anilines is 1. The predicted molar refractivity (Wildman–Crippen MR) is 99.1 cm³/mol. The number of hydrogen-bond donors (Lipinski definition) is 3. The van der Waals surface area contributed by atoms with Crippen molar-refractivity contribution in [2.45, 2.75) is 19.5 Å². The van der Waals surface area contributed by atoms with Crippen molar-refractivity contribution in [3.8, 4) is 0 Å². The van der Waals surface area contributed by atoms with Crippen molar-refractivity contribution < 1.29 is 18.8 Å².